The lowest BCUT2D eigenvalue weighted by molar-refractivity contribution is -0.115. The van der Waals surface area contributed by atoms with E-state index in [1.54, 1.807) is 11.6 Å². The van der Waals surface area contributed by atoms with Crippen LogP contribution in [-0.4, -0.2) is 39.2 Å². The zero-order valence-electron chi connectivity index (χ0n) is 14.8. The number of nitrogens with one attached hydrogen (secondary N) is 1. The normalized spacial score (nSPS) is 21.5. The molecule has 148 valence electrons. The van der Waals surface area contributed by atoms with Crippen molar-refractivity contribution in [1.82, 2.24) is 14.2 Å². The van der Waals surface area contributed by atoms with Gasteiger partial charge in [-0.25, -0.2) is 13.2 Å². The molecule has 1 N–H and O–H groups in total. The Morgan fingerprint density at radius 3 is 2.82 bits per heavy atom. The second-order valence-electron chi connectivity index (χ2n) is 6.80. The Hall–Kier alpha value is -2.20. The minimum absolute atomic E-state index is 0.0933. The van der Waals surface area contributed by atoms with Gasteiger partial charge < -0.3 is 15.1 Å². The number of hydrogen-bond donors (Lipinski definition) is 2. The fourth-order valence-electron chi connectivity index (χ4n) is 3.79. The average molecular weight is 426 g/mol. The van der Waals surface area contributed by atoms with Crippen molar-refractivity contribution in [3.8, 4) is 0 Å². The molecular formula is C18H17F3N4OS2. The van der Waals surface area contributed by atoms with E-state index < -0.39 is 23.4 Å². The zero-order chi connectivity index (χ0) is 20.0. The van der Waals surface area contributed by atoms with Crippen LogP contribution in [-0.2, 0) is 4.79 Å². The van der Waals surface area contributed by atoms with Crippen molar-refractivity contribution in [3.63, 3.8) is 0 Å². The molecule has 0 bridgehead atoms. The summed E-state index contributed by atoms with van der Waals surface area (Å²) in [5.74, 6) is -3.75. The van der Waals surface area contributed by atoms with Crippen LogP contribution in [0.3, 0.4) is 0 Å². The summed E-state index contributed by atoms with van der Waals surface area (Å²) >= 11 is 5.80. The number of carbonyl (C=O) groups excluding carboxylic acids is 1. The van der Waals surface area contributed by atoms with Crippen LogP contribution in [0.2, 0.25) is 0 Å². The Labute approximate surface area is 169 Å². The highest BCUT2D eigenvalue weighted by Crippen LogP contribution is 2.45. The lowest BCUT2D eigenvalue weighted by atomic mass is 9.95. The predicted molar refractivity (Wildman–Crippen MR) is 103 cm³/mol. The van der Waals surface area contributed by atoms with Crippen molar-refractivity contribution in [2.75, 3.05) is 18.9 Å². The van der Waals surface area contributed by atoms with Gasteiger partial charge in [-0.2, -0.15) is 4.37 Å². The van der Waals surface area contributed by atoms with E-state index in [1.807, 2.05) is 16.8 Å². The van der Waals surface area contributed by atoms with Crippen LogP contribution in [0.25, 0.3) is 0 Å². The molecule has 1 aromatic heterocycles. The molecule has 1 aromatic carbocycles. The molecule has 0 aliphatic carbocycles. The molecule has 2 aromatic rings. The third kappa shape index (κ3) is 3.24. The van der Waals surface area contributed by atoms with Crippen molar-refractivity contribution in [2.24, 2.45) is 0 Å². The third-order valence-corrected chi connectivity index (χ3v) is 6.33. The van der Waals surface area contributed by atoms with Crippen LogP contribution in [0, 0.1) is 17.5 Å². The average Bonchev–Trinajstić information content (AvgIpc) is 3.35. The fraction of sp³-hybridized carbons (Fsp3) is 0.333. The van der Waals surface area contributed by atoms with Gasteiger partial charge in [0.1, 0.15) is 11.3 Å². The molecule has 1 unspecified atom stereocenters. The Morgan fingerprint density at radius 2 is 2.11 bits per heavy atom. The van der Waals surface area contributed by atoms with Gasteiger partial charge in [-0.3, -0.25) is 4.79 Å². The van der Waals surface area contributed by atoms with Gasteiger partial charge >= 0.3 is 0 Å². The van der Waals surface area contributed by atoms with Gasteiger partial charge in [-0.05, 0) is 30.1 Å². The highest BCUT2D eigenvalue weighted by Gasteiger charge is 2.43. The molecular weight excluding hydrogens is 409 g/mol. The predicted octanol–water partition coefficient (Wildman–Crippen LogP) is 3.75. The number of fused-ring (bicyclic) bond motifs is 1. The van der Waals surface area contributed by atoms with Crippen molar-refractivity contribution >= 4 is 35.8 Å². The van der Waals surface area contributed by atoms with E-state index in [4.69, 9.17) is 0 Å². The van der Waals surface area contributed by atoms with Gasteiger partial charge in [-0.1, -0.05) is 0 Å². The van der Waals surface area contributed by atoms with Crippen LogP contribution < -0.4 is 5.32 Å². The molecule has 10 heteroatoms. The number of benzene rings is 1. The standard InChI is InChI=1S/C18H17F3N4OS2/c1-24-13(5-15(26)23-10-6-22-28-8-10)14-4-9(7-25(14)18(24)27)16-11(19)2-3-12(20)17(16)21/h2-3,6,8-9,18,27H,4-5,7H2,1H3,(H,23,26)/t9-,18?/m0/s1. The number of thiol groups is 1. The summed E-state index contributed by atoms with van der Waals surface area (Å²) in [7, 11) is 1.82. The summed E-state index contributed by atoms with van der Waals surface area (Å²) in [6.07, 6.45) is 1.96. The van der Waals surface area contributed by atoms with Crippen molar-refractivity contribution < 1.29 is 18.0 Å². The fourth-order valence-corrected chi connectivity index (χ4v) is 4.63. The highest BCUT2D eigenvalue weighted by molar-refractivity contribution is 7.80. The van der Waals surface area contributed by atoms with E-state index in [1.165, 1.54) is 11.5 Å². The Kier molecular flexibility index (Phi) is 5.00. The number of rotatable bonds is 4. The van der Waals surface area contributed by atoms with Crippen LogP contribution in [0.5, 0.6) is 0 Å². The minimum Gasteiger partial charge on any atom is -0.347 e. The van der Waals surface area contributed by atoms with E-state index in [0.717, 1.165) is 23.5 Å². The molecule has 2 aliphatic rings. The molecule has 2 aliphatic heterocycles. The number of nitrogens with zero attached hydrogens (tertiary/aromatic N) is 3. The number of amides is 1. The molecule has 0 spiro atoms. The summed E-state index contributed by atoms with van der Waals surface area (Å²) in [6.45, 7) is 0.296. The first-order chi connectivity index (χ1) is 13.4. The topological polar surface area (TPSA) is 48.5 Å². The SMILES string of the molecule is CN1C(CC(=O)Nc2cnsc2)=C2C[C@H](c3c(F)ccc(F)c3F)CN2C1S. The maximum atomic E-state index is 14.2. The summed E-state index contributed by atoms with van der Waals surface area (Å²) in [6, 6.07) is 1.73. The lowest BCUT2D eigenvalue weighted by Crippen LogP contribution is -2.34. The van der Waals surface area contributed by atoms with Crippen LogP contribution >= 0.6 is 24.2 Å². The quantitative estimate of drug-likeness (QED) is 0.578. The molecule has 1 fully saturated rings. The van der Waals surface area contributed by atoms with E-state index in [0.29, 0.717) is 18.7 Å². The van der Waals surface area contributed by atoms with Crippen molar-refractivity contribution in [2.45, 2.75) is 24.3 Å². The number of carbonyl (C=O) groups is 1. The Morgan fingerprint density at radius 1 is 1.36 bits per heavy atom. The van der Waals surface area contributed by atoms with Gasteiger partial charge in [0.15, 0.2) is 11.6 Å². The number of anilines is 1. The van der Waals surface area contributed by atoms with E-state index in [-0.39, 0.29) is 23.4 Å². The number of allylic oxidation sites excluding steroid dienone is 1. The lowest BCUT2D eigenvalue weighted by Gasteiger charge is -2.27. The van der Waals surface area contributed by atoms with Crippen LogP contribution in [0.1, 0.15) is 24.3 Å². The van der Waals surface area contributed by atoms with Gasteiger partial charge in [0.25, 0.3) is 0 Å². The van der Waals surface area contributed by atoms with E-state index in [2.05, 4.69) is 22.3 Å². The van der Waals surface area contributed by atoms with Crippen molar-refractivity contribution in [3.05, 3.63) is 58.1 Å². The van der Waals surface area contributed by atoms with Gasteiger partial charge in [0.05, 0.1) is 18.3 Å². The Bertz CT molecular complexity index is 951. The maximum absolute atomic E-state index is 14.2. The second kappa shape index (κ2) is 7.32. The molecule has 1 amide bonds. The summed E-state index contributed by atoms with van der Waals surface area (Å²) < 4.78 is 46.0. The highest BCUT2D eigenvalue weighted by atomic mass is 32.1. The number of halogens is 3. The first-order valence-corrected chi connectivity index (χ1v) is 9.94. The molecule has 2 atom stereocenters. The van der Waals surface area contributed by atoms with Gasteiger partial charge in [0, 0.05) is 41.8 Å². The zero-order valence-corrected chi connectivity index (χ0v) is 16.5. The first-order valence-electron chi connectivity index (χ1n) is 8.59. The third-order valence-electron chi connectivity index (χ3n) is 5.12. The molecule has 28 heavy (non-hydrogen) atoms. The maximum Gasteiger partial charge on any atom is 0.230 e. The van der Waals surface area contributed by atoms with Gasteiger partial charge in [0.2, 0.25) is 5.91 Å². The minimum atomic E-state index is -1.15. The van der Waals surface area contributed by atoms with Crippen molar-refractivity contribution in [1.29, 1.82) is 0 Å². The molecule has 5 nitrogen and oxygen atoms in total. The molecule has 3 heterocycles. The summed E-state index contributed by atoms with van der Waals surface area (Å²) in [4.78, 5) is 16.2. The van der Waals surface area contributed by atoms with E-state index in [9.17, 15) is 18.0 Å². The monoisotopic (exact) mass is 426 g/mol. The smallest absolute Gasteiger partial charge is 0.230 e. The van der Waals surface area contributed by atoms with Crippen LogP contribution in [0.15, 0.2) is 35.1 Å². The molecule has 4 rings (SSSR count). The number of aromatic nitrogens is 1. The Balaban J connectivity index is 1.60. The van der Waals surface area contributed by atoms with Gasteiger partial charge in [-0.15, -0.1) is 12.6 Å². The van der Waals surface area contributed by atoms with E-state index >= 15 is 0 Å². The van der Waals surface area contributed by atoms with Crippen LogP contribution in [0.4, 0.5) is 18.9 Å². The summed E-state index contributed by atoms with van der Waals surface area (Å²) in [5.41, 5.74) is 1.55. The summed E-state index contributed by atoms with van der Waals surface area (Å²) in [5, 5.41) is 4.49. The second-order valence-corrected chi connectivity index (χ2v) is 7.92. The molecule has 0 saturated carbocycles. The number of hydrogen-bond acceptors (Lipinski definition) is 6. The largest absolute Gasteiger partial charge is 0.347 e. The first kappa shape index (κ1) is 19.1. The molecule has 1 saturated heterocycles. The molecule has 0 radical (unpaired) electrons.